The van der Waals surface area contributed by atoms with Crippen molar-refractivity contribution in [1.82, 2.24) is 0 Å². The lowest BCUT2D eigenvalue weighted by Gasteiger charge is -2.27. The maximum absolute atomic E-state index is 11.8. The lowest BCUT2D eigenvalue weighted by molar-refractivity contribution is -0.160. The molecule has 0 saturated carbocycles. The molecule has 6 nitrogen and oxygen atoms in total. The number of ether oxygens (including phenoxy) is 1. The molecule has 0 unspecified atom stereocenters. The first kappa shape index (κ1) is 18.4. The van der Waals surface area contributed by atoms with E-state index in [2.05, 4.69) is 0 Å². The summed E-state index contributed by atoms with van der Waals surface area (Å²) in [5.41, 5.74) is -0.364. The van der Waals surface area contributed by atoms with Crippen LogP contribution in [0.15, 0.2) is 12.1 Å². The molecule has 1 aromatic rings. The quantitative estimate of drug-likeness (QED) is 0.541. The molecule has 1 aromatic carbocycles. The summed E-state index contributed by atoms with van der Waals surface area (Å²) in [6.45, 7) is 3.88. The number of aliphatic carboxylic acids is 1. The van der Waals surface area contributed by atoms with Crippen LogP contribution in [0.2, 0.25) is 5.02 Å². The Kier molecular flexibility index (Phi) is 5.93. The molecule has 0 aliphatic rings. The summed E-state index contributed by atoms with van der Waals surface area (Å²) in [6, 6.07) is 3.14. The van der Waals surface area contributed by atoms with Crippen LogP contribution in [-0.2, 0) is 9.59 Å². The van der Waals surface area contributed by atoms with E-state index in [9.17, 15) is 14.7 Å². The van der Waals surface area contributed by atoms with Crippen molar-refractivity contribution in [2.75, 3.05) is 6.61 Å². The van der Waals surface area contributed by atoms with E-state index in [0.29, 0.717) is 5.02 Å². The minimum absolute atomic E-state index is 0.262. The van der Waals surface area contributed by atoms with Crippen molar-refractivity contribution in [2.45, 2.75) is 33.3 Å². The number of aliphatic hydroxyl groups excluding tert-OH is 2. The zero-order valence-corrected chi connectivity index (χ0v) is 13.3. The maximum Gasteiger partial charge on any atom is 0.314 e. The molecule has 7 heteroatoms. The number of aryl methyl sites for hydroxylation is 2. The number of hydrogen-bond donors (Lipinski definition) is 3. The van der Waals surface area contributed by atoms with Crippen LogP contribution in [0, 0.1) is 19.3 Å². The first-order valence-electron chi connectivity index (χ1n) is 6.61. The molecule has 0 saturated heterocycles. The minimum atomic E-state index is -1.83. The number of benzene rings is 1. The molecular formula is C15H19ClO6. The van der Waals surface area contributed by atoms with E-state index in [1.54, 1.807) is 26.0 Å². The van der Waals surface area contributed by atoms with Crippen molar-refractivity contribution < 1.29 is 29.6 Å². The number of halogens is 1. The molecule has 0 bridgehead atoms. The average Bonchev–Trinajstić information content (AvgIpc) is 2.43. The van der Waals surface area contributed by atoms with Crippen LogP contribution >= 0.6 is 11.6 Å². The van der Waals surface area contributed by atoms with Gasteiger partial charge in [-0.05, 0) is 44.0 Å². The van der Waals surface area contributed by atoms with E-state index in [4.69, 9.17) is 26.6 Å². The molecule has 0 fully saturated rings. The number of esters is 1. The Hall–Kier alpha value is -1.63. The second-order valence-corrected chi connectivity index (χ2v) is 5.82. The number of carboxylic acids is 1. The Morgan fingerprint density at radius 2 is 1.82 bits per heavy atom. The van der Waals surface area contributed by atoms with E-state index in [1.807, 2.05) is 0 Å². The van der Waals surface area contributed by atoms with Gasteiger partial charge in [-0.3, -0.25) is 9.59 Å². The Balaban J connectivity index is 2.81. The van der Waals surface area contributed by atoms with Crippen molar-refractivity contribution in [3.05, 3.63) is 28.3 Å². The van der Waals surface area contributed by atoms with Crippen molar-refractivity contribution in [1.29, 1.82) is 0 Å². The van der Waals surface area contributed by atoms with E-state index in [1.165, 1.54) is 0 Å². The molecule has 0 radical (unpaired) electrons. The highest BCUT2D eigenvalue weighted by molar-refractivity contribution is 6.32. The first-order valence-corrected chi connectivity index (χ1v) is 6.99. The van der Waals surface area contributed by atoms with Crippen LogP contribution in [0.25, 0.3) is 0 Å². The molecule has 1 rings (SSSR count). The zero-order valence-electron chi connectivity index (χ0n) is 12.6. The summed E-state index contributed by atoms with van der Waals surface area (Å²) in [6.07, 6.45) is -2.12. The van der Waals surface area contributed by atoms with Gasteiger partial charge in [0.2, 0.25) is 0 Å². The van der Waals surface area contributed by atoms with Crippen LogP contribution in [0.4, 0.5) is 0 Å². The predicted molar refractivity (Wildman–Crippen MR) is 80.0 cm³/mol. The van der Waals surface area contributed by atoms with Crippen LogP contribution in [0.1, 0.15) is 24.5 Å². The zero-order chi connectivity index (χ0) is 17.1. The van der Waals surface area contributed by atoms with Gasteiger partial charge >= 0.3 is 11.9 Å². The van der Waals surface area contributed by atoms with Gasteiger partial charge < -0.3 is 20.1 Å². The summed E-state index contributed by atoms with van der Waals surface area (Å²) >= 11 is 6.01. The third-order valence-corrected chi connectivity index (χ3v) is 4.15. The number of rotatable bonds is 6. The van der Waals surface area contributed by atoms with Gasteiger partial charge in [-0.25, -0.2) is 0 Å². The molecule has 0 aliphatic heterocycles. The Bertz CT molecular complexity index is 562. The van der Waals surface area contributed by atoms with Gasteiger partial charge in [0.15, 0.2) is 0 Å². The van der Waals surface area contributed by atoms with Crippen molar-refractivity contribution in [3.8, 4) is 5.75 Å². The minimum Gasteiger partial charge on any atom is -0.481 e. The summed E-state index contributed by atoms with van der Waals surface area (Å²) < 4.78 is 5.09. The van der Waals surface area contributed by atoms with E-state index in [-0.39, 0.29) is 5.75 Å². The van der Waals surface area contributed by atoms with Gasteiger partial charge in [-0.2, -0.15) is 0 Å². The molecule has 0 heterocycles. The smallest absolute Gasteiger partial charge is 0.314 e. The molecular weight excluding hydrogens is 312 g/mol. The standard InChI is InChI=1S/C15H19ClO6/c1-8-4-10(5-9(2)13(8)16)22-12(19)6-11(18)15(3,7-17)14(20)21/h4-5,11,17-18H,6-7H2,1-3H3,(H,20,21)/t11-,15-/m1/s1. The van der Waals surface area contributed by atoms with Gasteiger partial charge in [0, 0.05) is 5.02 Å². The molecule has 0 aliphatic carbocycles. The fourth-order valence-corrected chi connectivity index (χ4v) is 1.95. The third kappa shape index (κ3) is 3.97. The third-order valence-electron chi connectivity index (χ3n) is 3.55. The Morgan fingerprint density at radius 1 is 1.32 bits per heavy atom. The molecule has 3 N–H and O–H groups in total. The summed E-state index contributed by atoms with van der Waals surface area (Å²) in [5.74, 6) is -1.93. The van der Waals surface area contributed by atoms with Crippen LogP contribution in [0.3, 0.4) is 0 Å². The highest BCUT2D eigenvalue weighted by atomic mass is 35.5. The van der Waals surface area contributed by atoms with Gasteiger partial charge in [0.25, 0.3) is 0 Å². The molecule has 2 atom stereocenters. The monoisotopic (exact) mass is 330 g/mol. The summed E-state index contributed by atoms with van der Waals surface area (Å²) in [5, 5.41) is 28.6. The Morgan fingerprint density at radius 3 is 2.23 bits per heavy atom. The SMILES string of the molecule is Cc1cc(OC(=O)C[C@@H](O)[C@@](C)(CO)C(=O)O)cc(C)c1Cl. The number of carbonyl (C=O) groups is 2. The van der Waals surface area contributed by atoms with Gasteiger partial charge in [-0.15, -0.1) is 0 Å². The normalized spacial score (nSPS) is 15.0. The van der Waals surface area contributed by atoms with Gasteiger partial charge in [0.05, 0.1) is 19.1 Å². The second kappa shape index (κ2) is 7.09. The molecule has 0 amide bonds. The first-order chi connectivity index (χ1) is 10.1. The van der Waals surface area contributed by atoms with Gasteiger partial charge in [-0.1, -0.05) is 11.6 Å². The summed E-state index contributed by atoms with van der Waals surface area (Å²) in [7, 11) is 0. The Labute approximate surface area is 133 Å². The topological polar surface area (TPSA) is 104 Å². The summed E-state index contributed by atoms with van der Waals surface area (Å²) in [4.78, 5) is 22.9. The molecule has 22 heavy (non-hydrogen) atoms. The van der Waals surface area contributed by atoms with E-state index in [0.717, 1.165) is 18.1 Å². The van der Waals surface area contributed by atoms with Crippen LogP contribution in [0.5, 0.6) is 5.75 Å². The molecule has 0 aromatic heterocycles. The number of hydrogen-bond acceptors (Lipinski definition) is 5. The lowest BCUT2D eigenvalue weighted by Crippen LogP contribution is -2.44. The number of carboxylic acid groups (broad SMARTS) is 1. The van der Waals surface area contributed by atoms with Crippen molar-refractivity contribution in [2.24, 2.45) is 5.41 Å². The van der Waals surface area contributed by atoms with Crippen LogP contribution < -0.4 is 4.74 Å². The van der Waals surface area contributed by atoms with Crippen molar-refractivity contribution >= 4 is 23.5 Å². The van der Waals surface area contributed by atoms with Crippen molar-refractivity contribution in [3.63, 3.8) is 0 Å². The average molecular weight is 331 g/mol. The highest BCUT2D eigenvalue weighted by Crippen LogP contribution is 2.27. The maximum atomic E-state index is 11.8. The predicted octanol–water partition coefficient (Wildman–Crippen LogP) is 1.70. The van der Waals surface area contributed by atoms with Crippen LogP contribution in [-0.4, -0.2) is 40.0 Å². The molecule has 0 spiro atoms. The van der Waals surface area contributed by atoms with E-state index < -0.39 is 36.5 Å². The number of carbonyl (C=O) groups excluding carboxylic acids is 1. The lowest BCUT2D eigenvalue weighted by atomic mass is 9.83. The van der Waals surface area contributed by atoms with Gasteiger partial charge in [0.1, 0.15) is 11.2 Å². The fourth-order valence-electron chi connectivity index (χ4n) is 1.84. The number of aliphatic hydroxyl groups is 2. The highest BCUT2D eigenvalue weighted by Gasteiger charge is 2.41. The largest absolute Gasteiger partial charge is 0.481 e. The molecule has 122 valence electrons. The second-order valence-electron chi connectivity index (χ2n) is 5.45. The fraction of sp³-hybridized carbons (Fsp3) is 0.467. The van der Waals surface area contributed by atoms with E-state index >= 15 is 0 Å².